The molecule has 1 unspecified atom stereocenters. The second kappa shape index (κ2) is 5.50. The molecule has 2 saturated carbocycles. The third kappa shape index (κ3) is 3.08. The van der Waals surface area contributed by atoms with Crippen LogP contribution in [0.4, 0.5) is 0 Å². The van der Waals surface area contributed by atoms with Gasteiger partial charge in [0.05, 0.1) is 0 Å². The molecule has 1 spiro atoms. The lowest BCUT2D eigenvalue weighted by Crippen LogP contribution is -2.64. The highest BCUT2D eigenvalue weighted by Gasteiger charge is 2.38. The Balaban J connectivity index is 1.50. The van der Waals surface area contributed by atoms with Crippen LogP contribution in [0.25, 0.3) is 0 Å². The predicted molar refractivity (Wildman–Crippen MR) is 76.8 cm³/mol. The summed E-state index contributed by atoms with van der Waals surface area (Å²) in [7, 11) is 0. The van der Waals surface area contributed by atoms with Gasteiger partial charge in [0.25, 0.3) is 0 Å². The number of nitrogens with one attached hydrogen (secondary N) is 1. The van der Waals surface area contributed by atoms with Crippen LogP contribution >= 0.6 is 0 Å². The van der Waals surface area contributed by atoms with Gasteiger partial charge in [-0.15, -0.1) is 0 Å². The topological polar surface area (TPSA) is 15.3 Å². The van der Waals surface area contributed by atoms with Crippen molar-refractivity contribution in [2.45, 2.75) is 76.3 Å². The van der Waals surface area contributed by atoms with E-state index in [1.807, 2.05) is 0 Å². The summed E-state index contributed by atoms with van der Waals surface area (Å²) in [5.41, 5.74) is 0.490. The second-order valence-corrected chi connectivity index (χ2v) is 7.13. The van der Waals surface area contributed by atoms with Gasteiger partial charge in [-0.25, -0.2) is 0 Å². The molecule has 2 nitrogen and oxygen atoms in total. The van der Waals surface area contributed by atoms with Crippen molar-refractivity contribution in [2.24, 2.45) is 5.92 Å². The van der Waals surface area contributed by atoms with Gasteiger partial charge < -0.3 is 5.32 Å². The molecule has 1 atom stereocenters. The molecule has 3 rings (SSSR count). The number of rotatable bonds is 4. The molecule has 1 saturated heterocycles. The minimum absolute atomic E-state index is 0.490. The molecule has 0 amide bonds. The van der Waals surface area contributed by atoms with Crippen molar-refractivity contribution in [2.75, 3.05) is 19.6 Å². The minimum Gasteiger partial charge on any atom is -0.308 e. The van der Waals surface area contributed by atoms with Crippen LogP contribution in [0.15, 0.2) is 0 Å². The molecule has 1 N–H and O–H groups in total. The maximum atomic E-state index is 3.88. The first-order valence-corrected chi connectivity index (χ1v) is 8.27. The quantitative estimate of drug-likeness (QED) is 0.824. The Bertz CT molecular complexity index is 266. The molecular formula is C16H30N2. The van der Waals surface area contributed by atoms with Crippen molar-refractivity contribution in [3.63, 3.8) is 0 Å². The Labute approximate surface area is 113 Å². The van der Waals surface area contributed by atoms with Crippen LogP contribution in [0.1, 0.15) is 64.7 Å². The average Bonchev–Trinajstić information content (AvgIpc) is 3.19. The maximum Gasteiger partial charge on any atom is 0.0309 e. The Morgan fingerprint density at radius 2 is 1.94 bits per heavy atom. The summed E-state index contributed by atoms with van der Waals surface area (Å²) < 4.78 is 0. The van der Waals surface area contributed by atoms with E-state index in [9.17, 15) is 0 Å². The van der Waals surface area contributed by atoms with E-state index in [0.29, 0.717) is 5.54 Å². The van der Waals surface area contributed by atoms with Crippen LogP contribution in [-0.4, -0.2) is 36.1 Å². The number of piperazine rings is 1. The van der Waals surface area contributed by atoms with Gasteiger partial charge in [-0.3, -0.25) is 4.90 Å². The van der Waals surface area contributed by atoms with Crippen molar-refractivity contribution < 1.29 is 0 Å². The smallest absolute Gasteiger partial charge is 0.0309 e. The first-order valence-electron chi connectivity index (χ1n) is 8.27. The Morgan fingerprint density at radius 1 is 1.17 bits per heavy atom. The van der Waals surface area contributed by atoms with Gasteiger partial charge in [0.15, 0.2) is 0 Å². The Morgan fingerprint density at radius 3 is 2.67 bits per heavy atom. The molecule has 104 valence electrons. The van der Waals surface area contributed by atoms with Crippen LogP contribution in [0.2, 0.25) is 0 Å². The molecule has 2 heteroatoms. The van der Waals surface area contributed by atoms with E-state index in [0.717, 1.165) is 12.0 Å². The van der Waals surface area contributed by atoms with Crippen LogP contribution in [0.3, 0.4) is 0 Å². The molecule has 0 aromatic carbocycles. The van der Waals surface area contributed by atoms with E-state index in [-0.39, 0.29) is 0 Å². The summed E-state index contributed by atoms with van der Waals surface area (Å²) in [6.45, 7) is 6.28. The number of hydrogen-bond acceptors (Lipinski definition) is 2. The highest BCUT2D eigenvalue weighted by atomic mass is 15.2. The molecular weight excluding hydrogens is 220 g/mol. The number of nitrogens with zero attached hydrogens (tertiary/aromatic N) is 1. The monoisotopic (exact) mass is 250 g/mol. The van der Waals surface area contributed by atoms with Crippen molar-refractivity contribution in [1.29, 1.82) is 0 Å². The maximum absolute atomic E-state index is 3.88. The third-order valence-electron chi connectivity index (χ3n) is 5.47. The molecule has 0 radical (unpaired) electrons. The zero-order chi connectivity index (χ0) is 12.4. The SMILES string of the molecule is CC1CNC2(CCCCC2)CN1CCCC1CC1. The third-order valence-corrected chi connectivity index (χ3v) is 5.47. The van der Waals surface area contributed by atoms with Crippen LogP contribution in [0.5, 0.6) is 0 Å². The highest BCUT2D eigenvalue weighted by Crippen LogP contribution is 2.34. The summed E-state index contributed by atoms with van der Waals surface area (Å²) in [6.07, 6.45) is 13.1. The lowest BCUT2D eigenvalue weighted by atomic mass is 9.79. The minimum atomic E-state index is 0.490. The van der Waals surface area contributed by atoms with Crippen molar-refractivity contribution in [1.82, 2.24) is 10.2 Å². The van der Waals surface area contributed by atoms with Gasteiger partial charge >= 0.3 is 0 Å². The molecule has 18 heavy (non-hydrogen) atoms. The highest BCUT2D eigenvalue weighted by molar-refractivity contribution is 4.98. The molecule has 1 aliphatic heterocycles. The van der Waals surface area contributed by atoms with Crippen molar-refractivity contribution in [3.8, 4) is 0 Å². The summed E-state index contributed by atoms with van der Waals surface area (Å²) in [6, 6.07) is 0.747. The van der Waals surface area contributed by atoms with Crippen LogP contribution < -0.4 is 5.32 Å². The van der Waals surface area contributed by atoms with E-state index < -0.39 is 0 Å². The van der Waals surface area contributed by atoms with E-state index in [1.54, 1.807) is 0 Å². The average molecular weight is 250 g/mol. The molecule has 3 aliphatic rings. The fourth-order valence-electron chi connectivity index (χ4n) is 3.95. The van der Waals surface area contributed by atoms with Gasteiger partial charge in [-0.05, 0) is 45.1 Å². The fourth-order valence-corrected chi connectivity index (χ4v) is 3.95. The van der Waals surface area contributed by atoms with E-state index >= 15 is 0 Å². The zero-order valence-corrected chi connectivity index (χ0v) is 12.1. The van der Waals surface area contributed by atoms with Crippen LogP contribution in [-0.2, 0) is 0 Å². The first-order chi connectivity index (χ1) is 8.77. The standard InChI is InChI=1S/C16H30N2/c1-14-12-17-16(9-3-2-4-10-16)13-18(14)11-5-6-15-7-8-15/h14-15,17H,2-13H2,1H3. The zero-order valence-electron chi connectivity index (χ0n) is 12.1. The van der Waals surface area contributed by atoms with Crippen molar-refractivity contribution >= 4 is 0 Å². The molecule has 3 fully saturated rings. The largest absolute Gasteiger partial charge is 0.308 e. The lowest BCUT2D eigenvalue weighted by molar-refractivity contribution is 0.0614. The van der Waals surface area contributed by atoms with Gasteiger partial charge in [0.2, 0.25) is 0 Å². The Kier molecular flexibility index (Phi) is 3.95. The van der Waals surface area contributed by atoms with E-state index in [4.69, 9.17) is 0 Å². The summed E-state index contributed by atoms with van der Waals surface area (Å²) >= 11 is 0. The molecule has 0 aromatic heterocycles. The molecule has 1 heterocycles. The van der Waals surface area contributed by atoms with E-state index in [2.05, 4.69) is 17.1 Å². The van der Waals surface area contributed by atoms with Gasteiger partial charge in [0, 0.05) is 24.7 Å². The fraction of sp³-hybridized carbons (Fsp3) is 1.00. The first kappa shape index (κ1) is 12.9. The summed E-state index contributed by atoms with van der Waals surface area (Å²) in [4.78, 5) is 2.78. The van der Waals surface area contributed by atoms with E-state index in [1.165, 1.54) is 77.4 Å². The van der Waals surface area contributed by atoms with Gasteiger partial charge in [-0.2, -0.15) is 0 Å². The molecule has 0 aromatic rings. The Hall–Kier alpha value is -0.0800. The van der Waals surface area contributed by atoms with Gasteiger partial charge in [-0.1, -0.05) is 32.1 Å². The van der Waals surface area contributed by atoms with Crippen molar-refractivity contribution in [3.05, 3.63) is 0 Å². The van der Waals surface area contributed by atoms with Gasteiger partial charge in [0.1, 0.15) is 0 Å². The lowest BCUT2D eigenvalue weighted by Gasteiger charge is -2.49. The predicted octanol–water partition coefficient (Wildman–Crippen LogP) is 3.17. The van der Waals surface area contributed by atoms with Crippen LogP contribution in [0, 0.1) is 5.92 Å². The molecule has 2 aliphatic carbocycles. The molecule has 0 bridgehead atoms. The summed E-state index contributed by atoms with van der Waals surface area (Å²) in [5, 5.41) is 3.88. The normalized spacial score (nSPS) is 32.8. The second-order valence-electron chi connectivity index (χ2n) is 7.13. The number of hydrogen-bond donors (Lipinski definition) is 1. The summed E-state index contributed by atoms with van der Waals surface area (Å²) in [5.74, 6) is 1.10.